The van der Waals surface area contributed by atoms with Crippen LogP contribution >= 0.6 is 0 Å². The molecular weight excluding hydrogens is 229 g/mol. The van der Waals surface area contributed by atoms with Gasteiger partial charge in [0.2, 0.25) is 0 Å². The van der Waals surface area contributed by atoms with Crippen molar-refractivity contribution in [3.05, 3.63) is 35.1 Å². The van der Waals surface area contributed by atoms with E-state index >= 15 is 0 Å². The molecule has 2 unspecified atom stereocenters. The molecule has 1 aromatic rings. The number of likely N-dealkylation sites (N-methyl/N-ethyl adjacent to an activating group) is 1. The van der Waals surface area contributed by atoms with Crippen LogP contribution in [0.1, 0.15) is 37.9 Å². The molecule has 2 nitrogen and oxygen atoms in total. The summed E-state index contributed by atoms with van der Waals surface area (Å²) in [5.74, 6) is 0.146. The lowest BCUT2D eigenvalue weighted by molar-refractivity contribution is 0.00380. The molecule has 1 rings (SSSR count). The number of nitrogens with one attached hydrogen (secondary N) is 1. The first kappa shape index (κ1) is 15.1. The molecule has 0 saturated heterocycles. The molecule has 1 aromatic carbocycles. The van der Waals surface area contributed by atoms with Gasteiger partial charge in [-0.2, -0.15) is 0 Å². The second-order valence-electron chi connectivity index (χ2n) is 4.96. The SMILES string of the molecule is CCOC(C(C)C)C(NC)c1cc(C)ccc1F. The number of ether oxygens (including phenoxy) is 1. The summed E-state index contributed by atoms with van der Waals surface area (Å²) in [4.78, 5) is 0. The van der Waals surface area contributed by atoms with Gasteiger partial charge in [0.25, 0.3) is 0 Å². The summed E-state index contributed by atoms with van der Waals surface area (Å²) in [7, 11) is 1.85. The second kappa shape index (κ2) is 6.86. The fraction of sp³-hybridized carbons (Fsp3) is 0.600. The van der Waals surface area contributed by atoms with Gasteiger partial charge in [0.1, 0.15) is 5.82 Å². The average Bonchev–Trinajstić information content (AvgIpc) is 2.33. The van der Waals surface area contributed by atoms with Crippen molar-refractivity contribution in [3.8, 4) is 0 Å². The Hall–Kier alpha value is -0.930. The minimum Gasteiger partial charge on any atom is -0.376 e. The number of halogens is 1. The number of benzene rings is 1. The van der Waals surface area contributed by atoms with Gasteiger partial charge < -0.3 is 10.1 Å². The third-order valence-electron chi connectivity index (χ3n) is 3.14. The van der Waals surface area contributed by atoms with Crippen molar-refractivity contribution in [2.24, 2.45) is 5.92 Å². The Kier molecular flexibility index (Phi) is 5.76. The van der Waals surface area contributed by atoms with Crippen LogP contribution in [0.4, 0.5) is 4.39 Å². The summed E-state index contributed by atoms with van der Waals surface area (Å²) in [6, 6.07) is 5.09. The molecule has 0 heterocycles. The highest BCUT2D eigenvalue weighted by molar-refractivity contribution is 5.27. The van der Waals surface area contributed by atoms with Crippen molar-refractivity contribution < 1.29 is 9.13 Å². The normalized spacial score (nSPS) is 14.8. The maximum Gasteiger partial charge on any atom is 0.128 e. The monoisotopic (exact) mass is 253 g/mol. The maximum atomic E-state index is 14.0. The molecule has 0 fully saturated rings. The molecule has 1 N–H and O–H groups in total. The predicted molar refractivity (Wildman–Crippen MR) is 73.2 cm³/mol. The topological polar surface area (TPSA) is 21.3 Å². The number of hydrogen-bond acceptors (Lipinski definition) is 2. The summed E-state index contributed by atoms with van der Waals surface area (Å²) in [5, 5.41) is 3.19. The molecule has 0 amide bonds. The lowest BCUT2D eigenvalue weighted by atomic mass is 9.92. The lowest BCUT2D eigenvalue weighted by Crippen LogP contribution is -2.36. The zero-order valence-electron chi connectivity index (χ0n) is 12.0. The fourth-order valence-electron chi connectivity index (χ4n) is 2.26. The molecule has 0 spiro atoms. The average molecular weight is 253 g/mol. The van der Waals surface area contributed by atoms with Crippen molar-refractivity contribution >= 4 is 0 Å². The van der Waals surface area contributed by atoms with Crippen molar-refractivity contribution in [2.75, 3.05) is 13.7 Å². The minimum absolute atomic E-state index is 0.0312. The zero-order valence-corrected chi connectivity index (χ0v) is 12.0. The van der Waals surface area contributed by atoms with Gasteiger partial charge in [-0.25, -0.2) is 4.39 Å². The van der Waals surface area contributed by atoms with Crippen molar-refractivity contribution in [1.82, 2.24) is 5.32 Å². The van der Waals surface area contributed by atoms with Gasteiger partial charge in [0, 0.05) is 12.2 Å². The molecule has 0 saturated carbocycles. The molecule has 0 aromatic heterocycles. The van der Waals surface area contributed by atoms with E-state index in [4.69, 9.17) is 4.74 Å². The van der Waals surface area contributed by atoms with E-state index in [1.54, 1.807) is 6.07 Å². The fourth-order valence-corrected chi connectivity index (χ4v) is 2.26. The van der Waals surface area contributed by atoms with E-state index in [1.807, 2.05) is 27.0 Å². The Morgan fingerprint density at radius 1 is 1.33 bits per heavy atom. The van der Waals surface area contributed by atoms with Crippen LogP contribution in [-0.2, 0) is 4.74 Å². The molecule has 0 radical (unpaired) electrons. The van der Waals surface area contributed by atoms with Gasteiger partial charge in [-0.15, -0.1) is 0 Å². The molecule has 0 aliphatic heterocycles. The smallest absolute Gasteiger partial charge is 0.128 e. The Bertz CT molecular complexity index is 379. The van der Waals surface area contributed by atoms with Crippen LogP contribution in [0.5, 0.6) is 0 Å². The Balaban J connectivity index is 3.10. The van der Waals surface area contributed by atoms with Crippen LogP contribution in [0, 0.1) is 18.7 Å². The Morgan fingerprint density at radius 2 is 2.00 bits per heavy atom. The molecular formula is C15H24FNO. The third-order valence-corrected chi connectivity index (χ3v) is 3.14. The molecule has 2 atom stereocenters. The largest absolute Gasteiger partial charge is 0.376 e. The Morgan fingerprint density at radius 3 is 2.50 bits per heavy atom. The summed E-state index contributed by atoms with van der Waals surface area (Å²) < 4.78 is 19.8. The van der Waals surface area contributed by atoms with Crippen LogP contribution in [0.3, 0.4) is 0 Å². The van der Waals surface area contributed by atoms with Crippen LogP contribution in [-0.4, -0.2) is 19.8 Å². The number of aryl methyl sites for hydroxylation is 1. The molecule has 0 aliphatic rings. The number of hydrogen-bond donors (Lipinski definition) is 1. The highest BCUT2D eigenvalue weighted by Gasteiger charge is 2.27. The van der Waals surface area contributed by atoms with Gasteiger partial charge in [-0.05, 0) is 32.9 Å². The van der Waals surface area contributed by atoms with Crippen LogP contribution in [0.2, 0.25) is 0 Å². The molecule has 0 aliphatic carbocycles. The first-order valence-corrected chi connectivity index (χ1v) is 6.56. The minimum atomic E-state index is -0.176. The standard InChI is InChI=1S/C15H24FNO/c1-6-18-15(10(2)3)14(17-5)12-9-11(4)7-8-13(12)16/h7-10,14-15,17H,6H2,1-5H3. The van der Waals surface area contributed by atoms with Crippen LogP contribution in [0.15, 0.2) is 18.2 Å². The quantitative estimate of drug-likeness (QED) is 0.838. The van der Waals surface area contributed by atoms with Gasteiger partial charge in [-0.1, -0.05) is 31.5 Å². The lowest BCUT2D eigenvalue weighted by Gasteiger charge is -2.30. The predicted octanol–water partition coefficient (Wildman–Crippen LogP) is 3.46. The highest BCUT2D eigenvalue weighted by atomic mass is 19.1. The van der Waals surface area contributed by atoms with E-state index in [9.17, 15) is 4.39 Å². The third kappa shape index (κ3) is 3.53. The van der Waals surface area contributed by atoms with Gasteiger partial charge >= 0.3 is 0 Å². The molecule has 102 valence electrons. The first-order valence-electron chi connectivity index (χ1n) is 6.56. The summed E-state index contributed by atoms with van der Waals surface area (Å²) >= 11 is 0. The highest BCUT2D eigenvalue weighted by Crippen LogP contribution is 2.27. The maximum absolute atomic E-state index is 14.0. The van der Waals surface area contributed by atoms with E-state index in [0.717, 1.165) is 5.56 Å². The van der Waals surface area contributed by atoms with Crippen molar-refractivity contribution in [1.29, 1.82) is 0 Å². The van der Waals surface area contributed by atoms with Gasteiger partial charge in [-0.3, -0.25) is 0 Å². The van der Waals surface area contributed by atoms with Crippen LogP contribution < -0.4 is 5.32 Å². The van der Waals surface area contributed by atoms with Gasteiger partial charge in [0.05, 0.1) is 12.1 Å². The van der Waals surface area contributed by atoms with Crippen molar-refractivity contribution in [3.63, 3.8) is 0 Å². The molecule has 3 heteroatoms. The van der Waals surface area contributed by atoms with Gasteiger partial charge in [0.15, 0.2) is 0 Å². The Labute approximate surface area is 110 Å². The van der Waals surface area contributed by atoms with E-state index in [2.05, 4.69) is 19.2 Å². The summed E-state index contributed by atoms with van der Waals surface area (Å²) in [6.07, 6.45) is -0.0312. The molecule has 18 heavy (non-hydrogen) atoms. The summed E-state index contributed by atoms with van der Waals surface area (Å²) in [5.41, 5.74) is 1.75. The second-order valence-corrected chi connectivity index (χ2v) is 4.96. The van der Waals surface area contributed by atoms with E-state index < -0.39 is 0 Å². The van der Waals surface area contributed by atoms with E-state index in [1.165, 1.54) is 6.07 Å². The van der Waals surface area contributed by atoms with Crippen LogP contribution in [0.25, 0.3) is 0 Å². The van der Waals surface area contributed by atoms with E-state index in [0.29, 0.717) is 18.1 Å². The molecule has 0 bridgehead atoms. The van der Waals surface area contributed by atoms with Crippen molar-refractivity contribution in [2.45, 2.75) is 39.8 Å². The van der Waals surface area contributed by atoms with E-state index in [-0.39, 0.29) is 18.0 Å². The zero-order chi connectivity index (χ0) is 13.7. The first-order chi connectivity index (χ1) is 8.51. The number of rotatable bonds is 6. The summed E-state index contributed by atoms with van der Waals surface area (Å²) in [6.45, 7) is 8.76.